The number of rotatable bonds is 9. The maximum atomic E-state index is 12.3. The van der Waals surface area contributed by atoms with Crippen molar-refractivity contribution in [3.63, 3.8) is 0 Å². The smallest absolute Gasteiger partial charge is 0.410 e. The molecule has 0 spiro atoms. The van der Waals surface area contributed by atoms with Crippen molar-refractivity contribution in [3.8, 4) is 0 Å². The van der Waals surface area contributed by atoms with Crippen molar-refractivity contribution >= 4 is 16.2 Å². The summed E-state index contributed by atoms with van der Waals surface area (Å²) in [7, 11) is -1.99. The first-order chi connectivity index (χ1) is 12.3. The average molecular weight is 387 g/mol. The molecule has 10 heteroatoms. The summed E-state index contributed by atoms with van der Waals surface area (Å²) < 4.78 is 40.1. The maximum Gasteiger partial charge on any atom is 0.410 e. The van der Waals surface area contributed by atoms with Crippen LogP contribution in [0.3, 0.4) is 0 Å². The number of nitrogens with zero attached hydrogens (tertiary/aromatic N) is 3. The van der Waals surface area contributed by atoms with Gasteiger partial charge in [0.2, 0.25) is 0 Å². The van der Waals surface area contributed by atoms with Gasteiger partial charge in [-0.15, -0.1) is 0 Å². The summed E-state index contributed by atoms with van der Waals surface area (Å²) in [5, 5.41) is 0. The van der Waals surface area contributed by atoms with Crippen LogP contribution in [0.25, 0.3) is 0 Å². The van der Waals surface area contributed by atoms with E-state index in [1.54, 1.807) is 19.6 Å². The number of aromatic nitrogens is 2. The second kappa shape index (κ2) is 9.15. The Hall–Kier alpha value is -1.91. The summed E-state index contributed by atoms with van der Waals surface area (Å²) in [5.41, 5.74) is 0.926. The Bertz CT molecular complexity index is 717. The molecule has 1 aromatic heterocycles. The van der Waals surface area contributed by atoms with Gasteiger partial charge in [-0.05, 0) is 12.8 Å². The number of carbonyl (C=O) groups is 1. The molecule has 2 atom stereocenters. The fraction of sp³-hybridized carbons (Fsp3) is 0.625. The van der Waals surface area contributed by atoms with Gasteiger partial charge in [-0.3, -0.25) is 4.18 Å². The average Bonchev–Trinajstić information content (AvgIpc) is 3.16. The third-order valence-electron chi connectivity index (χ3n) is 4.04. The number of aryl methyl sites for hydroxylation is 1. The largest absolute Gasteiger partial charge is 0.445 e. The van der Waals surface area contributed by atoms with E-state index >= 15 is 0 Å². The van der Waals surface area contributed by atoms with Gasteiger partial charge in [0.25, 0.3) is 10.1 Å². The van der Waals surface area contributed by atoms with Gasteiger partial charge < -0.3 is 18.9 Å². The molecule has 1 aliphatic rings. The predicted molar refractivity (Wildman–Crippen MR) is 93.9 cm³/mol. The van der Waals surface area contributed by atoms with Crippen LogP contribution in [-0.2, 0) is 36.9 Å². The minimum atomic E-state index is -3.60. The van der Waals surface area contributed by atoms with Crippen LogP contribution in [0.15, 0.2) is 25.2 Å². The number of likely N-dealkylation sites (tertiary alicyclic amines) is 1. The Morgan fingerprint density at radius 2 is 2.27 bits per heavy atom. The summed E-state index contributed by atoms with van der Waals surface area (Å²) in [5.74, 6) is 0. The molecule has 0 aliphatic carbocycles. The van der Waals surface area contributed by atoms with Crippen LogP contribution in [-0.4, -0.2) is 67.6 Å². The first-order valence-corrected chi connectivity index (χ1v) is 10.1. The van der Waals surface area contributed by atoms with Gasteiger partial charge in [0.05, 0.1) is 43.7 Å². The summed E-state index contributed by atoms with van der Waals surface area (Å²) in [6.07, 6.45) is 5.87. The third kappa shape index (κ3) is 5.82. The van der Waals surface area contributed by atoms with E-state index in [1.165, 1.54) is 11.0 Å². The zero-order valence-electron chi connectivity index (χ0n) is 15.0. The maximum absolute atomic E-state index is 12.3. The molecule has 9 nitrogen and oxygen atoms in total. The van der Waals surface area contributed by atoms with E-state index in [1.807, 2.05) is 4.57 Å². The van der Waals surface area contributed by atoms with Gasteiger partial charge in [0.15, 0.2) is 0 Å². The lowest BCUT2D eigenvalue weighted by molar-refractivity contribution is 0.102. The molecule has 26 heavy (non-hydrogen) atoms. The van der Waals surface area contributed by atoms with Crippen LogP contribution >= 0.6 is 0 Å². The lowest BCUT2D eigenvalue weighted by Crippen LogP contribution is -2.37. The molecule has 146 valence electrons. The summed E-state index contributed by atoms with van der Waals surface area (Å²) in [6, 6.07) is -0.197. The fourth-order valence-electron chi connectivity index (χ4n) is 3.01. The highest BCUT2D eigenvalue weighted by Crippen LogP contribution is 2.25. The lowest BCUT2D eigenvalue weighted by Gasteiger charge is -2.23. The molecule has 1 saturated heterocycles. The Labute approximate surface area is 153 Å². The molecule has 0 aromatic carbocycles. The van der Waals surface area contributed by atoms with Crippen molar-refractivity contribution in [2.45, 2.75) is 38.1 Å². The molecule has 0 N–H and O–H groups in total. The van der Waals surface area contributed by atoms with Crippen molar-refractivity contribution in [2.24, 2.45) is 0 Å². The van der Waals surface area contributed by atoms with Gasteiger partial charge in [0, 0.05) is 19.7 Å². The third-order valence-corrected chi connectivity index (χ3v) is 4.66. The predicted octanol–water partition coefficient (Wildman–Crippen LogP) is 1.16. The standard InChI is InChI=1S/C16H25N3O6S/c1-4-7-24-16(20)19-10-15(25-26(3,21)22)8-13(19)5-6-18-12-17-9-14(18)11-23-2/h4,9,12-13,15H,1,5-8,10-11H2,2-3H3/t13-,15-/m1/s1. The molecule has 1 amide bonds. The molecule has 0 unspecified atom stereocenters. The highest BCUT2D eigenvalue weighted by molar-refractivity contribution is 7.86. The van der Waals surface area contributed by atoms with E-state index in [0.717, 1.165) is 11.9 Å². The van der Waals surface area contributed by atoms with E-state index in [9.17, 15) is 13.2 Å². The number of hydrogen-bond donors (Lipinski definition) is 0. The van der Waals surface area contributed by atoms with E-state index in [0.29, 0.717) is 26.0 Å². The molecule has 2 heterocycles. The minimum Gasteiger partial charge on any atom is -0.445 e. The van der Waals surface area contributed by atoms with Gasteiger partial charge in [-0.1, -0.05) is 12.7 Å². The van der Waals surface area contributed by atoms with Gasteiger partial charge in [0.1, 0.15) is 6.61 Å². The molecule has 2 rings (SSSR count). The molecule has 1 fully saturated rings. The zero-order valence-corrected chi connectivity index (χ0v) is 15.9. The van der Waals surface area contributed by atoms with Crippen LogP contribution in [0.2, 0.25) is 0 Å². The van der Waals surface area contributed by atoms with Crippen LogP contribution in [0.4, 0.5) is 4.79 Å². The minimum absolute atomic E-state index is 0.0964. The molecule has 1 aliphatic heterocycles. The topological polar surface area (TPSA) is 100.0 Å². The lowest BCUT2D eigenvalue weighted by atomic mass is 10.1. The number of ether oxygens (including phenoxy) is 2. The normalized spacial score (nSPS) is 20.3. The van der Waals surface area contributed by atoms with Crippen LogP contribution < -0.4 is 0 Å². The SMILES string of the molecule is C=CCOC(=O)N1C[C@H](OS(C)(=O)=O)C[C@H]1CCn1cncc1COC. The highest BCUT2D eigenvalue weighted by atomic mass is 32.2. The van der Waals surface area contributed by atoms with Crippen LogP contribution in [0.1, 0.15) is 18.5 Å². The second-order valence-corrected chi connectivity index (χ2v) is 7.73. The van der Waals surface area contributed by atoms with Crippen molar-refractivity contribution in [1.29, 1.82) is 0 Å². The molecule has 0 radical (unpaired) electrons. The molecule has 0 saturated carbocycles. The number of hydrogen-bond acceptors (Lipinski definition) is 7. The highest BCUT2D eigenvalue weighted by Gasteiger charge is 2.38. The number of amides is 1. The summed E-state index contributed by atoms with van der Waals surface area (Å²) in [6.45, 7) is 4.83. The van der Waals surface area contributed by atoms with Crippen molar-refractivity contribution in [2.75, 3.05) is 26.5 Å². The van der Waals surface area contributed by atoms with Gasteiger partial charge in [-0.25, -0.2) is 9.78 Å². The number of imidazole rings is 1. The van der Waals surface area contributed by atoms with Gasteiger partial charge in [-0.2, -0.15) is 8.42 Å². The Balaban J connectivity index is 2.04. The number of methoxy groups -OCH3 is 1. The van der Waals surface area contributed by atoms with E-state index in [4.69, 9.17) is 13.7 Å². The van der Waals surface area contributed by atoms with E-state index < -0.39 is 22.3 Å². The summed E-state index contributed by atoms with van der Waals surface area (Å²) in [4.78, 5) is 17.9. The first-order valence-electron chi connectivity index (χ1n) is 8.24. The fourth-order valence-corrected chi connectivity index (χ4v) is 3.64. The Morgan fingerprint density at radius 3 is 2.92 bits per heavy atom. The monoisotopic (exact) mass is 387 g/mol. The van der Waals surface area contributed by atoms with E-state index in [-0.39, 0.29) is 19.2 Å². The van der Waals surface area contributed by atoms with Crippen LogP contribution in [0, 0.1) is 0 Å². The zero-order chi connectivity index (χ0) is 19.2. The molecule has 0 bridgehead atoms. The first kappa shape index (κ1) is 20.4. The summed E-state index contributed by atoms with van der Waals surface area (Å²) >= 11 is 0. The quantitative estimate of drug-likeness (QED) is 0.463. The van der Waals surface area contributed by atoms with Gasteiger partial charge >= 0.3 is 6.09 Å². The second-order valence-electron chi connectivity index (χ2n) is 6.13. The Morgan fingerprint density at radius 1 is 1.50 bits per heavy atom. The van der Waals surface area contributed by atoms with Crippen LogP contribution in [0.5, 0.6) is 0 Å². The van der Waals surface area contributed by atoms with Crippen molar-refractivity contribution in [1.82, 2.24) is 14.5 Å². The molecule has 1 aromatic rings. The van der Waals surface area contributed by atoms with E-state index in [2.05, 4.69) is 11.6 Å². The van der Waals surface area contributed by atoms with Crippen molar-refractivity contribution in [3.05, 3.63) is 30.9 Å². The van der Waals surface area contributed by atoms with Crippen molar-refractivity contribution < 1.29 is 26.9 Å². The molecular formula is C16H25N3O6S. The Kier molecular flexibility index (Phi) is 7.18. The molecular weight excluding hydrogens is 362 g/mol. The number of carbonyl (C=O) groups excluding carboxylic acids is 1.